The second-order valence-electron chi connectivity index (χ2n) is 5.56. The molecule has 1 aromatic heterocycles. The van der Waals surface area contributed by atoms with Crippen molar-refractivity contribution in [3.8, 4) is 0 Å². The first-order valence-corrected chi connectivity index (χ1v) is 9.90. The third-order valence-corrected chi connectivity index (χ3v) is 4.95. The third kappa shape index (κ3) is 5.49. The van der Waals surface area contributed by atoms with Crippen molar-refractivity contribution in [1.82, 2.24) is 9.59 Å². The number of carbonyl (C=O) groups excluding carboxylic acids is 1. The van der Waals surface area contributed by atoms with Crippen LogP contribution in [-0.2, 0) is 6.18 Å². The van der Waals surface area contributed by atoms with E-state index in [1.807, 2.05) is 0 Å². The van der Waals surface area contributed by atoms with Gasteiger partial charge in [0.15, 0.2) is 10.8 Å². The molecule has 0 aliphatic rings. The molecule has 1 heterocycles. The fourth-order valence-corrected chi connectivity index (χ4v) is 3.39. The minimum atomic E-state index is -4.51. The number of alkyl halides is 3. The van der Waals surface area contributed by atoms with Gasteiger partial charge in [-0.05, 0) is 54.1 Å². The number of nitrogens with zero attached hydrogens (tertiary/aromatic N) is 2. The first-order valence-electron chi connectivity index (χ1n) is 7.86. The van der Waals surface area contributed by atoms with E-state index in [0.29, 0.717) is 11.4 Å². The number of hydrogen-bond acceptors (Lipinski definition) is 5. The molecule has 3 N–H and O–H groups in total. The largest absolute Gasteiger partial charge is 0.417 e. The van der Waals surface area contributed by atoms with E-state index in [9.17, 15) is 18.0 Å². The van der Waals surface area contributed by atoms with Crippen LogP contribution in [-0.4, -0.2) is 20.6 Å². The molecule has 0 spiro atoms. The second-order valence-corrected chi connectivity index (χ2v) is 7.43. The average molecular weight is 502 g/mol. The quantitative estimate of drug-likeness (QED) is 0.416. The maximum Gasteiger partial charge on any atom is 0.417 e. The molecule has 0 aliphatic heterocycles. The summed E-state index contributed by atoms with van der Waals surface area (Å²) in [4.78, 5) is 12.2. The van der Waals surface area contributed by atoms with Crippen LogP contribution in [0.5, 0.6) is 0 Å². The minimum absolute atomic E-state index is 0.0532. The molecule has 3 aromatic rings. The highest BCUT2D eigenvalue weighted by molar-refractivity contribution is 9.10. The third-order valence-electron chi connectivity index (χ3n) is 3.55. The van der Waals surface area contributed by atoms with Crippen molar-refractivity contribution in [2.75, 3.05) is 16.0 Å². The number of rotatable bonds is 4. The van der Waals surface area contributed by atoms with E-state index in [4.69, 9.17) is 12.2 Å². The molecule has 0 saturated heterocycles. The van der Waals surface area contributed by atoms with E-state index < -0.39 is 17.6 Å². The first kappa shape index (κ1) is 21.1. The van der Waals surface area contributed by atoms with Crippen LogP contribution in [0, 0.1) is 0 Å². The molecule has 0 fully saturated rings. The van der Waals surface area contributed by atoms with E-state index in [0.717, 1.165) is 17.6 Å². The minimum Gasteiger partial charge on any atom is -0.332 e. The van der Waals surface area contributed by atoms with Gasteiger partial charge < -0.3 is 16.0 Å². The number of thiocarbonyl (C=S) groups is 1. The van der Waals surface area contributed by atoms with Crippen molar-refractivity contribution in [2.45, 2.75) is 6.18 Å². The standard InChI is InChI=1S/C17H11BrF3N5OS2/c18-11-6-5-9(7-10(11)17(19,20)21)22-16(28)24-13-4-2-1-3-12(13)23-15(27)14-8-29-26-25-14/h1-8H,(H,23,27)(H2,22,24,28). The summed E-state index contributed by atoms with van der Waals surface area (Å²) in [6.07, 6.45) is -4.51. The Morgan fingerprint density at radius 3 is 2.38 bits per heavy atom. The number of amides is 1. The molecule has 0 atom stereocenters. The summed E-state index contributed by atoms with van der Waals surface area (Å²) in [7, 11) is 0. The van der Waals surface area contributed by atoms with Crippen LogP contribution >= 0.6 is 39.7 Å². The van der Waals surface area contributed by atoms with Crippen LogP contribution in [0.1, 0.15) is 16.1 Å². The summed E-state index contributed by atoms with van der Waals surface area (Å²) < 4.78 is 42.7. The molecule has 150 valence electrons. The van der Waals surface area contributed by atoms with Gasteiger partial charge in [0.25, 0.3) is 5.91 Å². The predicted octanol–water partition coefficient (Wildman–Crippen LogP) is 5.38. The molecule has 0 radical (unpaired) electrons. The molecule has 12 heteroatoms. The fourth-order valence-electron chi connectivity index (χ4n) is 2.26. The van der Waals surface area contributed by atoms with Gasteiger partial charge in [-0.25, -0.2) is 0 Å². The SMILES string of the molecule is O=C(Nc1ccccc1NC(=S)Nc1ccc(Br)c(C(F)(F)F)c1)c1csnn1. The predicted molar refractivity (Wildman–Crippen MR) is 113 cm³/mol. The molecule has 0 saturated carbocycles. The highest BCUT2D eigenvalue weighted by atomic mass is 79.9. The Morgan fingerprint density at radius 2 is 1.76 bits per heavy atom. The Balaban J connectivity index is 1.73. The molecular formula is C17H11BrF3N5OS2. The van der Waals surface area contributed by atoms with Crippen LogP contribution in [0.15, 0.2) is 52.3 Å². The number of carbonyl (C=O) groups is 1. The van der Waals surface area contributed by atoms with Crippen LogP contribution in [0.4, 0.5) is 30.2 Å². The van der Waals surface area contributed by atoms with Crippen molar-refractivity contribution in [2.24, 2.45) is 0 Å². The maximum atomic E-state index is 13.0. The number of hydrogen-bond donors (Lipinski definition) is 3. The van der Waals surface area contributed by atoms with Crippen molar-refractivity contribution >= 4 is 67.8 Å². The first-order chi connectivity index (χ1) is 13.7. The normalized spacial score (nSPS) is 11.0. The van der Waals surface area contributed by atoms with Crippen LogP contribution in [0.25, 0.3) is 0 Å². The lowest BCUT2D eigenvalue weighted by Gasteiger charge is -2.16. The van der Waals surface area contributed by atoms with Gasteiger partial charge in [0, 0.05) is 15.5 Å². The lowest BCUT2D eigenvalue weighted by molar-refractivity contribution is -0.138. The van der Waals surface area contributed by atoms with Crippen molar-refractivity contribution in [3.05, 3.63) is 63.6 Å². The van der Waals surface area contributed by atoms with Gasteiger partial charge in [-0.3, -0.25) is 4.79 Å². The molecule has 6 nitrogen and oxygen atoms in total. The van der Waals surface area contributed by atoms with Gasteiger partial charge in [0.05, 0.1) is 16.9 Å². The number of halogens is 4. The molecule has 1 amide bonds. The number of nitrogens with one attached hydrogen (secondary N) is 3. The average Bonchev–Trinajstić information content (AvgIpc) is 3.19. The Morgan fingerprint density at radius 1 is 1.07 bits per heavy atom. The van der Waals surface area contributed by atoms with E-state index in [-0.39, 0.29) is 21.0 Å². The van der Waals surface area contributed by atoms with Gasteiger partial charge in [0.1, 0.15) is 0 Å². The molecule has 2 aromatic carbocycles. The van der Waals surface area contributed by atoms with Gasteiger partial charge in [-0.15, -0.1) is 5.10 Å². The van der Waals surface area contributed by atoms with E-state index in [2.05, 4.69) is 41.5 Å². The van der Waals surface area contributed by atoms with Crippen LogP contribution in [0.3, 0.4) is 0 Å². The summed E-state index contributed by atoms with van der Waals surface area (Å²) in [6, 6.07) is 10.4. The fraction of sp³-hybridized carbons (Fsp3) is 0.0588. The molecule has 0 bridgehead atoms. The summed E-state index contributed by atoms with van der Waals surface area (Å²) in [5.74, 6) is -0.449. The summed E-state index contributed by atoms with van der Waals surface area (Å²) in [5, 5.41) is 13.5. The number of benzene rings is 2. The number of anilines is 3. The van der Waals surface area contributed by atoms with E-state index in [1.165, 1.54) is 17.5 Å². The highest BCUT2D eigenvalue weighted by Crippen LogP contribution is 2.36. The number of para-hydroxylation sites is 2. The van der Waals surface area contributed by atoms with Gasteiger partial charge >= 0.3 is 6.18 Å². The van der Waals surface area contributed by atoms with E-state index in [1.54, 1.807) is 24.3 Å². The molecule has 0 aliphatic carbocycles. The lowest BCUT2D eigenvalue weighted by Crippen LogP contribution is -2.21. The second kappa shape index (κ2) is 8.84. The van der Waals surface area contributed by atoms with Crippen LogP contribution < -0.4 is 16.0 Å². The monoisotopic (exact) mass is 501 g/mol. The Kier molecular flexibility index (Phi) is 6.45. The molecule has 3 rings (SSSR count). The summed E-state index contributed by atoms with van der Waals surface area (Å²) in [5.41, 5.74) is 0.374. The Hall–Kier alpha value is -2.57. The topological polar surface area (TPSA) is 78.9 Å². The van der Waals surface area contributed by atoms with Gasteiger partial charge in [-0.1, -0.05) is 32.6 Å². The molecule has 0 unspecified atom stereocenters. The zero-order valence-electron chi connectivity index (χ0n) is 14.2. The highest BCUT2D eigenvalue weighted by Gasteiger charge is 2.33. The van der Waals surface area contributed by atoms with Crippen LogP contribution in [0.2, 0.25) is 0 Å². The number of aromatic nitrogens is 2. The smallest absolute Gasteiger partial charge is 0.332 e. The zero-order chi connectivity index (χ0) is 21.0. The van der Waals surface area contributed by atoms with Gasteiger partial charge in [-0.2, -0.15) is 13.2 Å². The Bertz CT molecular complexity index is 1040. The lowest BCUT2D eigenvalue weighted by atomic mass is 10.2. The van der Waals surface area contributed by atoms with E-state index >= 15 is 0 Å². The summed E-state index contributed by atoms with van der Waals surface area (Å²) in [6.45, 7) is 0. The molecular weight excluding hydrogens is 491 g/mol. The van der Waals surface area contributed by atoms with Crippen molar-refractivity contribution < 1.29 is 18.0 Å². The molecule has 29 heavy (non-hydrogen) atoms. The van der Waals surface area contributed by atoms with Gasteiger partial charge in [0.2, 0.25) is 0 Å². The van der Waals surface area contributed by atoms with Crippen molar-refractivity contribution in [3.63, 3.8) is 0 Å². The maximum absolute atomic E-state index is 13.0. The Labute approximate surface area is 180 Å². The summed E-state index contributed by atoms with van der Waals surface area (Å²) >= 11 is 9.13. The zero-order valence-corrected chi connectivity index (χ0v) is 17.5. The van der Waals surface area contributed by atoms with Crippen molar-refractivity contribution in [1.29, 1.82) is 0 Å².